The first kappa shape index (κ1) is 41.2. The zero-order chi connectivity index (χ0) is 36.8. The van der Waals surface area contributed by atoms with E-state index < -0.39 is 33.3 Å². The number of phenols is 2. The van der Waals surface area contributed by atoms with E-state index in [-0.39, 0.29) is 78.4 Å². The molecule has 1 fully saturated rings. The molecule has 1 aliphatic rings. The van der Waals surface area contributed by atoms with Crippen molar-refractivity contribution in [3.63, 3.8) is 0 Å². The first-order chi connectivity index (χ1) is 23.7. The second-order valence-electron chi connectivity index (χ2n) is 10.5. The minimum atomic E-state index is -1.50. The number of rotatable bonds is 8. The Balaban J connectivity index is 0.000000286. The van der Waals surface area contributed by atoms with Crippen molar-refractivity contribution in [3.05, 3.63) is 116 Å². The number of nitro groups is 2. The summed E-state index contributed by atoms with van der Waals surface area (Å²) in [5.41, 5.74) is 11.3. The van der Waals surface area contributed by atoms with Crippen molar-refractivity contribution in [3.8, 4) is 11.5 Å². The van der Waals surface area contributed by atoms with E-state index in [1.165, 1.54) is 73.5 Å². The molecule has 5 rings (SSSR count). The van der Waals surface area contributed by atoms with Gasteiger partial charge in [0, 0.05) is 59.6 Å². The maximum atomic E-state index is 10.6. The van der Waals surface area contributed by atoms with E-state index >= 15 is 0 Å². The average Bonchev–Trinajstić information content (AvgIpc) is 3.08. The van der Waals surface area contributed by atoms with Crippen LogP contribution in [-0.4, -0.2) is 44.1 Å². The molecule has 0 heterocycles. The number of aromatic hydroxyl groups is 2. The second kappa shape index (κ2) is 19.9. The van der Waals surface area contributed by atoms with Gasteiger partial charge in [0.2, 0.25) is 0 Å². The summed E-state index contributed by atoms with van der Waals surface area (Å²) in [6.45, 7) is 0. The van der Waals surface area contributed by atoms with E-state index in [0.29, 0.717) is 0 Å². The molecule has 0 spiro atoms. The van der Waals surface area contributed by atoms with Crippen LogP contribution in [0.2, 0.25) is 0 Å². The van der Waals surface area contributed by atoms with Gasteiger partial charge in [-0.3, -0.25) is 20.2 Å². The van der Waals surface area contributed by atoms with E-state index in [4.69, 9.17) is 11.5 Å². The maximum Gasteiger partial charge on any atom is 4.00 e. The van der Waals surface area contributed by atoms with Crippen LogP contribution >= 0.6 is 0 Å². The second-order valence-corrected chi connectivity index (χ2v) is 10.5. The molecule has 4 aromatic rings. The summed E-state index contributed by atoms with van der Waals surface area (Å²) in [6.07, 6.45) is 4.80. The molecule has 19 heteroatoms. The Morgan fingerprint density at radius 3 is 1.22 bits per heavy atom. The van der Waals surface area contributed by atoms with E-state index in [1.54, 1.807) is 0 Å². The molecule has 0 radical (unpaired) electrons. The standard InChI is InChI=1S/2C13H9N3O5.C6H14N2.Pt/c2*17-12-7-9(4-5-11(12)13(18)19)15-14-8-2-1-3-10(6-8)16(20)21;7-5-3-1-2-4-6(5)8;/h2*1-7,17H,(H,18,19);5-6H,1-4,7-8H2;/q;;;+4/p-2. The van der Waals surface area contributed by atoms with Crippen molar-refractivity contribution < 1.29 is 60.9 Å². The summed E-state index contributed by atoms with van der Waals surface area (Å²) in [4.78, 5) is 41.4. The molecule has 18 nitrogen and oxygen atoms in total. The molecule has 0 aromatic heterocycles. The van der Waals surface area contributed by atoms with Crippen LogP contribution < -0.4 is 21.7 Å². The van der Waals surface area contributed by atoms with E-state index in [0.717, 1.165) is 37.1 Å². The zero-order valence-corrected chi connectivity index (χ0v) is 28.7. The third-order valence-corrected chi connectivity index (χ3v) is 6.92. The minimum Gasteiger partial charge on any atom is -0.545 e. The van der Waals surface area contributed by atoms with Gasteiger partial charge < -0.3 is 41.5 Å². The fourth-order valence-corrected chi connectivity index (χ4v) is 4.27. The molecule has 1 aliphatic carbocycles. The fraction of sp³-hybridized carbons (Fsp3) is 0.188. The first-order valence-electron chi connectivity index (χ1n) is 14.7. The number of carbonyl (C=O) groups is 2. The number of carboxylic acid groups (broad SMARTS) is 2. The average molecular weight is 882 g/mol. The van der Waals surface area contributed by atoms with Crippen molar-refractivity contribution in [1.29, 1.82) is 0 Å². The molecule has 2 unspecified atom stereocenters. The smallest absolute Gasteiger partial charge is 0.545 e. The molecule has 4 aromatic carbocycles. The van der Waals surface area contributed by atoms with Gasteiger partial charge in [-0.05, 0) is 49.2 Å². The van der Waals surface area contributed by atoms with Crippen molar-refractivity contribution >= 4 is 46.1 Å². The summed E-state index contributed by atoms with van der Waals surface area (Å²) in [5.74, 6) is -4.00. The van der Waals surface area contributed by atoms with Gasteiger partial charge in [-0.15, -0.1) is 0 Å². The monoisotopic (exact) mass is 881 g/mol. The van der Waals surface area contributed by atoms with E-state index in [1.807, 2.05) is 0 Å². The van der Waals surface area contributed by atoms with Gasteiger partial charge >= 0.3 is 21.1 Å². The predicted octanol–water partition coefficient (Wildman–Crippen LogP) is 4.37. The Morgan fingerprint density at radius 2 is 0.941 bits per heavy atom. The van der Waals surface area contributed by atoms with Crippen LogP contribution in [0.3, 0.4) is 0 Å². The molecular formula is C32H30N8O10Pt+2. The Hall–Kier alpha value is -5.97. The fourth-order valence-electron chi connectivity index (χ4n) is 4.27. The SMILES string of the molecule is NC1CCCCC1N.O=C([O-])c1ccc(N=Nc2cccc([N+](=O)[O-])c2)cc1O.O=C([O-])c1ccc(N=Nc2cccc([N+](=O)[O-])c2)cc1O.[Pt+4]. The molecule has 0 aliphatic heterocycles. The van der Waals surface area contributed by atoms with Crippen LogP contribution in [0.25, 0.3) is 0 Å². The van der Waals surface area contributed by atoms with Crippen LogP contribution in [-0.2, 0) is 21.1 Å². The van der Waals surface area contributed by atoms with E-state index in [9.17, 15) is 50.2 Å². The Morgan fingerprint density at radius 1 is 0.608 bits per heavy atom. The quantitative estimate of drug-likeness (QED) is 0.109. The number of carboxylic acids is 2. The van der Waals surface area contributed by atoms with Crippen molar-refractivity contribution in [2.24, 2.45) is 31.9 Å². The maximum absolute atomic E-state index is 10.6. The van der Waals surface area contributed by atoms with Crippen molar-refractivity contribution in [2.45, 2.75) is 37.8 Å². The molecule has 1 saturated carbocycles. The van der Waals surface area contributed by atoms with Gasteiger partial charge in [0.05, 0.1) is 44.5 Å². The topological polar surface area (TPSA) is 308 Å². The third-order valence-electron chi connectivity index (χ3n) is 6.92. The molecule has 266 valence electrons. The van der Waals surface area contributed by atoms with E-state index in [2.05, 4.69) is 20.5 Å². The van der Waals surface area contributed by atoms with Crippen LogP contribution in [0.15, 0.2) is 105 Å². The van der Waals surface area contributed by atoms with Crippen LogP contribution in [0.4, 0.5) is 34.1 Å². The van der Waals surface area contributed by atoms with Gasteiger partial charge in [-0.2, -0.15) is 20.5 Å². The molecule has 51 heavy (non-hydrogen) atoms. The Kier molecular flexibility index (Phi) is 16.1. The summed E-state index contributed by atoms with van der Waals surface area (Å²) < 4.78 is 0. The van der Waals surface area contributed by atoms with Crippen molar-refractivity contribution in [2.75, 3.05) is 0 Å². The summed E-state index contributed by atoms with van der Waals surface area (Å²) >= 11 is 0. The normalized spacial score (nSPS) is 15.0. The Bertz CT molecular complexity index is 1790. The predicted molar refractivity (Wildman–Crippen MR) is 174 cm³/mol. The number of nitro benzene ring substituents is 2. The number of non-ortho nitro benzene ring substituents is 2. The third kappa shape index (κ3) is 13.1. The number of azo groups is 2. The van der Waals surface area contributed by atoms with Gasteiger partial charge in [0.25, 0.3) is 11.4 Å². The van der Waals surface area contributed by atoms with Gasteiger partial charge in [0.1, 0.15) is 11.5 Å². The number of aromatic carboxylic acids is 2. The number of hydrogen-bond acceptors (Lipinski definition) is 16. The summed E-state index contributed by atoms with van der Waals surface area (Å²) in [7, 11) is 0. The molecule has 0 saturated heterocycles. The van der Waals surface area contributed by atoms with Gasteiger partial charge in [0.15, 0.2) is 0 Å². The largest absolute Gasteiger partial charge is 4.00 e. The Labute approximate surface area is 303 Å². The molecular weight excluding hydrogens is 851 g/mol. The van der Waals surface area contributed by atoms with Gasteiger partial charge in [-0.25, -0.2) is 0 Å². The molecule has 0 amide bonds. The van der Waals surface area contributed by atoms with Crippen LogP contribution in [0, 0.1) is 20.2 Å². The molecule has 0 bridgehead atoms. The zero-order valence-electron chi connectivity index (χ0n) is 26.4. The van der Waals surface area contributed by atoms with Crippen molar-refractivity contribution in [1.82, 2.24) is 0 Å². The van der Waals surface area contributed by atoms with Crippen LogP contribution in [0.5, 0.6) is 11.5 Å². The summed E-state index contributed by atoms with van der Waals surface area (Å²) in [6, 6.07) is 18.8. The first-order valence-corrected chi connectivity index (χ1v) is 14.7. The number of hydrogen-bond donors (Lipinski definition) is 4. The number of nitrogens with zero attached hydrogens (tertiary/aromatic N) is 6. The number of carbonyl (C=O) groups excluding carboxylic acids is 2. The summed E-state index contributed by atoms with van der Waals surface area (Å²) in [5, 5.41) is 76.5. The molecule has 2 atom stereocenters. The van der Waals surface area contributed by atoms with Crippen LogP contribution in [0.1, 0.15) is 46.4 Å². The number of benzene rings is 4. The molecule has 6 N–H and O–H groups in total. The minimum absolute atomic E-state index is 0. The number of nitrogens with two attached hydrogens (primary N) is 2. The van der Waals surface area contributed by atoms with Gasteiger partial charge in [-0.1, -0.05) is 25.0 Å².